The molecule has 1 saturated heterocycles. The highest BCUT2D eigenvalue weighted by atomic mass is 35.5. The van der Waals surface area contributed by atoms with Gasteiger partial charge in [0.2, 0.25) is 0 Å². The lowest BCUT2D eigenvalue weighted by Gasteiger charge is -2.38. The molecular formula is C12H19ClN2O2. The van der Waals surface area contributed by atoms with Crippen LogP contribution in [0.1, 0.15) is 30.3 Å². The molecule has 2 heterocycles. The fraction of sp³-hybridized carbons (Fsp3) is 0.583. The molecule has 17 heavy (non-hydrogen) atoms. The van der Waals surface area contributed by atoms with Crippen LogP contribution in [0.4, 0.5) is 0 Å². The lowest BCUT2D eigenvalue weighted by Crippen LogP contribution is -2.51. The summed E-state index contributed by atoms with van der Waals surface area (Å²) >= 11 is 0. The smallest absolute Gasteiger partial charge is 0.289 e. The zero-order chi connectivity index (χ0) is 11.5. The number of hydrogen-bond donors (Lipinski definition) is 1. The SMILES string of the molecule is CC1CCCN(C(=O)c2ccco2)C1CN.Cl. The van der Waals surface area contributed by atoms with Crippen molar-refractivity contribution in [2.75, 3.05) is 13.1 Å². The van der Waals surface area contributed by atoms with Crippen molar-refractivity contribution in [2.24, 2.45) is 11.7 Å². The number of piperidine rings is 1. The minimum absolute atomic E-state index is 0. The number of carbonyl (C=O) groups is 1. The van der Waals surface area contributed by atoms with Crippen LogP contribution >= 0.6 is 12.4 Å². The first-order valence-electron chi connectivity index (χ1n) is 5.78. The van der Waals surface area contributed by atoms with E-state index in [9.17, 15) is 4.79 Å². The number of rotatable bonds is 2. The Morgan fingerprint density at radius 3 is 3.00 bits per heavy atom. The van der Waals surface area contributed by atoms with E-state index in [4.69, 9.17) is 10.2 Å². The van der Waals surface area contributed by atoms with Crippen molar-refractivity contribution in [2.45, 2.75) is 25.8 Å². The maximum absolute atomic E-state index is 12.2. The van der Waals surface area contributed by atoms with Gasteiger partial charge in [-0.3, -0.25) is 4.79 Å². The van der Waals surface area contributed by atoms with Gasteiger partial charge in [0.15, 0.2) is 5.76 Å². The van der Waals surface area contributed by atoms with E-state index in [2.05, 4.69) is 6.92 Å². The molecule has 2 unspecified atom stereocenters. The second-order valence-corrected chi connectivity index (χ2v) is 4.40. The van der Waals surface area contributed by atoms with Gasteiger partial charge >= 0.3 is 0 Å². The van der Waals surface area contributed by atoms with E-state index in [1.807, 2.05) is 4.90 Å². The van der Waals surface area contributed by atoms with Gasteiger partial charge in [0.1, 0.15) is 0 Å². The number of nitrogens with two attached hydrogens (primary N) is 1. The molecule has 1 aliphatic rings. The third-order valence-electron chi connectivity index (χ3n) is 3.35. The second-order valence-electron chi connectivity index (χ2n) is 4.40. The summed E-state index contributed by atoms with van der Waals surface area (Å²) in [6, 6.07) is 3.58. The van der Waals surface area contributed by atoms with Gasteiger partial charge in [0, 0.05) is 19.1 Å². The quantitative estimate of drug-likeness (QED) is 0.881. The van der Waals surface area contributed by atoms with Gasteiger partial charge in [-0.1, -0.05) is 6.92 Å². The lowest BCUT2D eigenvalue weighted by molar-refractivity contribution is 0.0501. The Kier molecular flexibility index (Phi) is 5.02. The van der Waals surface area contributed by atoms with E-state index >= 15 is 0 Å². The summed E-state index contributed by atoms with van der Waals surface area (Å²) < 4.78 is 5.14. The van der Waals surface area contributed by atoms with Crippen molar-refractivity contribution in [3.05, 3.63) is 24.2 Å². The summed E-state index contributed by atoms with van der Waals surface area (Å²) in [7, 11) is 0. The molecule has 1 amide bonds. The molecule has 1 aromatic heterocycles. The summed E-state index contributed by atoms with van der Waals surface area (Å²) in [6.07, 6.45) is 3.71. The summed E-state index contributed by atoms with van der Waals surface area (Å²) in [6.45, 7) is 3.46. The average molecular weight is 259 g/mol. The van der Waals surface area contributed by atoms with Crippen molar-refractivity contribution in [3.8, 4) is 0 Å². The molecule has 2 atom stereocenters. The number of nitrogens with zero attached hydrogens (tertiary/aromatic N) is 1. The van der Waals surface area contributed by atoms with Crippen LogP contribution < -0.4 is 5.73 Å². The monoisotopic (exact) mass is 258 g/mol. The maximum Gasteiger partial charge on any atom is 0.289 e. The molecule has 0 aromatic carbocycles. The molecular weight excluding hydrogens is 240 g/mol. The molecule has 1 aromatic rings. The minimum atomic E-state index is -0.0352. The Balaban J connectivity index is 0.00000144. The van der Waals surface area contributed by atoms with E-state index in [-0.39, 0.29) is 24.4 Å². The fourth-order valence-corrected chi connectivity index (χ4v) is 2.40. The largest absolute Gasteiger partial charge is 0.459 e. The van der Waals surface area contributed by atoms with Crippen LogP contribution in [-0.4, -0.2) is 29.9 Å². The highest BCUT2D eigenvalue weighted by Crippen LogP contribution is 2.24. The van der Waals surface area contributed by atoms with E-state index in [1.54, 1.807) is 12.1 Å². The van der Waals surface area contributed by atoms with Crippen molar-refractivity contribution >= 4 is 18.3 Å². The van der Waals surface area contributed by atoms with Crippen LogP contribution in [-0.2, 0) is 0 Å². The summed E-state index contributed by atoms with van der Waals surface area (Å²) in [5.41, 5.74) is 5.75. The molecule has 0 spiro atoms. The van der Waals surface area contributed by atoms with Crippen LogP contribution in [0.2, 0.25) is 0 Å². The number of furan rings is 1. The Labute approximate surface area is 108 Å². The van der Waals surface area contributed by atoms with Crippen molar-refractivity contribution < 1.29 is 9.21 Å². The van der Waals surface area contributed by atoms with Gasteiger partial charge < -0.3 is 15.1 Å². The molecule has 1 aliphatic heterocycles. The van der Waals surface area contributed by atoms with E-state index in [1.165, 1.54) is 6.26 Å². The first kappa shape index (κ1) is 14.1. The van der Waals surface area contributed by atoms with Gasteiger partial charge in [-0.15, -0.1) is 12.4 Å². The van der Waals surface area contributed by atoms with Crippen LogP contribution in [0.5, 0.6) is 0 Å². The van der Waals surface area contributed by atoms with Crippen LogP contribution in [0.25, 0.3) is 0 Å². The molecule has 2 N–H and O–H groups in total. The molecule has 96 valence electrons. The predicted octanol–water partition coefficient (Wildman–Crippen LogP) is 1.90. The van der Waals surface area contributed by atoms with Crippen molar-refractivity contribution in [1.29, 1.82) is 0 Å². The summed E-state index contributed by atoms with van der Waals surface area (Å²) in [5.74, 6) is 0.845. The normalized spacial score (nSPS) is 24.2. The average Bonchev–Trinajstić information content (AvgIpc) is 2.81. The number of halogens is 1. The van der Waals surface area contributed by atoms with Gasteiger partial charge in [-0.25, -0.2) is 0 Å². The molecule has 2 rings (SSSR count). The summed E-state index contributed by atoms with van der Waals surface area (Å²) in [5, 5.41) is 0. The van der Waals surface area contributed by atoms with Crippen molar-refractivity contribution in [3.63, 3.8) is 0 Å². The highest BCUT2D eigenvalue weighted by molar-refractivity contribution is 5.91. The van der Waals surface area contributed by atoms with Gasteiger partial charge in [0.25, 0.3) is 5.91 Å². The zero-order valence-corrected chi connectivity index (χ0v) is 10.8. The lowest BCUT2D eigenvalue weighted by atomic mass is 9.90. The third kappa shape index (κ3) is 2.82. The predicted molar refractivity (Wildman–Crippen MR) is 68.2 cm³/mol. The standard InChI is InChI=1S/C12H18N2O2.ClH/c1-9-4-2-6-14(10(9)8-13)12(15)11-5-3-7-16-11;/h3,5,7,9-10H,2,4,6,8,13H2,1H3;1H. The molecule has 0 saturated carbocycles. The number of likely N-dealkylation sites (tertiary alicyclic amines) is 1. The zero-order valence-electron chi connectivity index (χ0n) is 9.96. The second kappa shape index (κ2) is 6.07. The number of hydrogen-bond acceptors (Lipinski definition) is 3. The molecule has 0 bridgehead atoms. The van der Waals surface area contributed by atoms with Crippen LogP contribution in [0.15, 0.2) is 22.8 Å². The Bertz CT molecular complexity index is 353. The molecule has 0 radical (unpaired) electrons. The fourth-order valence-electron chi connectivity index (χ4n) is 2.40. The van der Waals surface area contributed by atoms with E-state index in [0.29, 0.717) is 18.2 Å². The molecule has 0 aliphatic carbocycles. The molecule has 4 nitrogen and oxygen atoms in total. The van der Waals surface area contributed by atoms with E-state index in [0.717, 1.165) is 19.4 Å². The Hall–Kier alpha value is -1.00. The Morgan fingerprint density at radius 2 is 2.41 bits per heavy atom. The molecule has 1 fully saturated rings. The number of carbonyl (C=O) groups excluding carboxylic acids is 1. The minimum Gasteiger partial charge on any atom is -0.459 e. The highest BCUT2D eigenvalue weighted by Gasteiger charge is 2.32. The summed E-state index contributed by atoms with van der Waals surface area (Å²) in [4.78, 5) is 14.0. The van der Waals surface area contributed by atoms with Crippen LogP contribution in [0.3, 0.4) is 0 Å². The third-order valence-corrected chi connectivity index (χ3v) is 3.35. The topological polar surface area (TPSA) is 59.5 Å². The molecule has 5 heteroatoms. The van der Waals surface area contributed by atoms with Gasteiger partial charge in [0.05, 0.1) is 6.26 Å². The van der Waals surface area contributed by atoms with Gasteiger partial charge in [-0.05, 0) is 30.9 Å². The first-order chi connectivity index (χ1) is 7.74. The maximum atomic E-state index is 12.2. The van der Waals surface area contributed by atoms with Crippen LogP contribution in [0, 0.1) is 5.92 Å². The van der Waals surface area contributed by atoms with Gasteiger partial charge in [-0.2, -0.15) is 0 Å². The van der Waals surface area contributed by atoms with Crippen molar-refractivity contribution in [1.82, 2.24) is 4.90 Å². The Morgan fingerprint density at radius 1 is 1.65 bits per heavy atom. The number of amides is 1. The van der Waals surface area contributed by atoms with E-state index < -0.39 is 0 Å². The first-order valence-corrected chi connectivity index (χ1v) is 5.78.